The van der Waals surface area contributed by atoms with Crippen LogP contribution in [-0.2, 0) is 0 Å². The summed E-state index contributed by atoms with van der Waals surface area (Å²) in [6, 6.07) is 10.1. The summed E-state index contributed by atoms with van der Waals surface area (Å²) in [6.45, 7) is 3.49. The maximum absolute atomic E-state index is 13.0. The highest BCUT2D eigenvalue weighted by molar-refractivity contribution is 6.35. The number of aryl methyl sites for hydroxylation is 2. The molecule has 0 saturated carbocycles. The van der Waals surface area contributed by atoms with E-state index in [4.69, 9.17) is 0 Å². The zero-order valence-corrected chi connectivity index (χ0v) is 14.3. The van der Waals surface area contributed by atoms with Gasteiger partial charge in [-0.2, -0.15) is 0 Å². The van der Waals surface area contributed by atoms with Crippen LogP contribution >= 0.6 is 0 Å². The van der Waals surface area contributed by atoms with Crippen LogP contribution in [0.15, 0.2) is 59.7 Å². The molecule has 0 atom stereocenters. The summed E-state index contributed by atoms with van der Waals surface area (Å²) < 4.78 is 0. The van der Waals surface area contributed by atoms with Crippen molar-refractivity contribution >= 4 is 23.1 Å². The average Bonchev–Trinajstić information content (AvgIpc) is 2.61. The molecule has 0 saturated heterocycles. The molecule has 0 N–H and O–H groups in total. The predicted octanol–water partition coefficient (Wildman–Crippen LogP) is 3.61. The number of hydrogen-bond acceptors (Lipinski definition) is 4. The van der Waals surface area contributed by atoms with Crippen LogP contribution in [-0.4, -0.2) is 23.1 Å². The Kier molecular flexibility index (Phi) is 3.44. The van der Waals surface area contributed by atoms with Gasteiger partial charge in [0.15, 0.2) is 23.1 Å². The Labute approximate surface area is 149 Å². The summed E-state index contributed by atoms with van der Waals surface area (Å²) in [6.07, 6.45) is 2.34. The van der Waals surface area contributed by atoms with E-state index in [0.29, 0.717) is 33.4 Å². The van der Waals surface area contributed by atoms with Crippen LogP contribution in [0.5, 0.6) is 0 Å². The Balaban J connectivity index is 1.90. The fraction of sp³-hybridized carbons (Fsp3) is 0.0909. The molecule has 0 heterocycles. The molecular formula is C22H14O4. The van der Waals surface area contributed by atoms with E-state index in [1.807, 2.05) is 0 Å². The highest BCUT2D eigenvalue weighted by atomic mass is 16.1. The molecule has 0 amide bonds. The van der Waals surface area contributed by atoms with Crippen LogP contribution in [0.3, 0.4) is 0 Å². The molecule has 26 heavy (non-hydrogen) atoms. The molecule has 0 aromatic heterocycles. The van der Waals surface area contributed by atoms with E-state index in [-0.39, 0.29) is 22.7 Å². The van der Waals surface area contributed by atoms with Crippen LogP contribution in [0.1, 0.15) is 52.6 Å². The fourth-order valence-electron chi connectivity index (χ4n) is 3.57. The molecule has 4 nitrogen and oxygen atoms in total. The average molecular weight is 342 g/mol. The normalized spacial score (nSPS) is 16.1. The second kappa shape index (κ2) is 5.56. The van der Waals surface area contributed by atoms with Crippen molar-refractivity contribution in [3.8, 4) is 0 Å². The highest BCUT2D eigenvalue weighted by Gasteiger charge is 2.35. The SMILES string of the molecule is Cc1cccc2c1C(=O)C(C1=CC(=O)c3cccc(C)c3C1=O)=CC2=O. The molecule has 0 spiro atoms. The minimum absolute atomic E-state index is 0.0101. The Hall–Kier alpha value is -3.40. The number of rotatable bonds is 1. The maximum Gasteiger partial charge on any atom is 0.194 e. The number of carbonyl (C=O) groups is 4. The van der Waals surface area contributed by atoms with Gasteiger partial charge in [-0.05, 0) is 37.1 Å². The van der Waals surface area contributed by atoms with Gasteiger partial charge in [0, 0.05) is 33.4 Å². The molecule has 2 aliphatic carbocycles. The largest absolute Gasteiger partial charge is 0.289 e. The number of hydrogen-bond donors (Lipinski definition) is 0. The molecule has 0 aliphatic heterocycles. The van der Waals surface area contributed by atoms with Gasteiger partial charge in [-0.1, -0.05) is 36.4 Å². The second-order valence-electron chi connectivity index (χ2n) is 6.50. The van der Waals surface area contributed by atoms with Gasteiger partial charge in [-0.3, -0.25) is 19.2 Å². The lowest BCUT2D eigenvalue weighted by Crippen LogP contribution is -2.26. The van der Waals surface area contributed by atoms with Gasteiger partial charge in [-0.25, -0.2) is 0 Å². The van der Waals surface area contributed by atoms with E-state index in [1.54, 1.807) is 50.2 Å². The molecule has 2 aromatic carbocycles. The molecule has 4 heteroatoms. The molecule has 0 unspecified atom stereocenters. The Morgan fingerprint density at radius 1 is 0.577 bits per heavy atom. The minimum Gasteiger partial charge on any atom is -0.289 e. The van der Waals surface area contributed by atoms with Gasteiger partial charge >= 0.3 is 0 Å². The van der Waals surface area contributed by atoms with E-state index in [9.17, 15) is 19.2 Å². The van der Waals surface area contributed by atoms with Crippen LogP contribution in [0.25, 0.3) is 0 Å². The van der Waals surface area contributed by atoms with Crippen molar-refractivity contribution in [3.05, 3.63) is 93.1 Å². The first kappa shape index (κ1) is 16.1. The van der Waals surface area contributed by atoms with Crippen LogP contribution in [0, 0.1) is 13.8 Å². The van der Waals surface area contributed by atoms with E-state index in [2.05, 4.69) is 0 Å². The van der Waals surface area contributed by atoms with Crippen molar-refractivity contribution in [1.29, 1.82) is 0 Å². The van der Waals surface area contributed by atoms with Crippen molar-refractivity contribution in [2.24, 2.45) is 0 Å². The summed E-state index contributed by atoms with van der Waals surface area (Å²) in [4.78, 5) is 51.0. The van der Waals surface area contributed by atoms with Gasteiger partial charge in [0.25, 0.3) is 0 Å². The first-order chi connectivity index (χ1) is 12.4. The minimum atomic E-state index is -0.401. The highest BCUT2D eigenvalue weighted by Crippen LogP contribution is 2.33. The standard InChI is InChI=1S/C22H14O4/c1-11-5-3-7-13-17(23)9-15(21(25)19(11)13)16-10-18(24)14-8-4-6-12(2)20(14)22(16)26/h3-10H,1-2H3. The molecule has 4 rings (SSSR count). The number of allylic oxidation sites excluding steroid dienone is 4. The summed E-state index contributed by atoms with van der Waals surface area (Å²) in [5, 5.41) is 0. The molecular weight excluding hydrogens is 328 g/mol. The molecule has 0 radical (unpaired) electrons. The summed E-state index contributed by atoms with van der Waals surface area (Å²) in [5.74, 6) is -1.48. The van der Waals surface area contributed by atoms with E-state index in [1.165, 1.54) is 12.2 Å². The monoisotopic (exact) mass is 342 g/mol. The lowest BCUT2D eigenvalue weighted by molar-refractivity contribution is 0.0962. The fourth-order valence-corrected chi connectivity index (χ4v) is 3.57. The summed E-state index contributed by atoms with van der Waals surface area (Å²) in [7, 11) is 0. The van der Waals surface area contributed by atoms with Crippen molar-refractivity contribution < 1.29 is 19.2 Å². The second-order valence-corrected chi connectivity index (χ2v) is 6.50. The zero-order valence-electron chi connectivity index (χ0n) is 14.3. The van der Waals surface area contributed by atoms with E-state index >= 15 is 0 Å². The molecule has 0 bridgehead atoms. The van der Waals surface area contributed by atoms with Crippen molar-refractivity contribution in [3.63, 3.8) is 0 Å². The van der Waals surface area contributed by atoms with Crippen molar-refractivity contribution in [1.82, 2.24) is 0 Å². The molecule has 126 valence electrons. The lowest BCUT2D eigenvalue weighted by atomic mass is 9.78. The zero-order chi connectivity index (χ0) is 18.6. The van der Waals surface area contributed by atoms with Crippen LogP contribution in [0.4, 0.5) is 0 Å². The third-order valence-corrected chi connectivity index (χ3v) is 4.86. The first-order valence-corrected chi connectivity index (χ1v) is 8.21. The van der Waals surface area contributed by atoms with Gasteiger partial charge in [0.05, 0.1) is 0 Å². The Morgan fingerprint density at radius 2 is 0.962 bits per heavy atom. The van der Waals surface area contributed by atoms with Gasteiger partial charge in [-0.15, -0.1) is 0 Å². The maximum atomic E-state index is 13.0. The van der Waals surface area contributed by atoms with E-state index < -0.39 is 11.6 Å². The van der Waals surface area contributed by atoms with E-state index in [0.717, 1.165) is 0 Å². The van der Waals surface area contributed by atoms with Gasteiger partial charge < -0.3 is 0 Å². The first-order valence-electron chi connectivity index (χ1n) is 8.21. The molecule has 2 aliphatic rings. The smallest absolute Gasteiger partial charge is 0.194 e. The quantitative estimate of drug-likeness (QED) is 0.794. The molecule has 2 aromatic rings. The molecule has 0 fully saturated rings. The topological polar surface area (TPSA) is 68.3 Å². The lowest BCUT2D eigenvalue weighted by Gasteiger charge is -2.22. The number of benzene rings is 2. The third-order valence-electron chi connectivity index (χ3n) is 4.86. The van der Waals surface area contributed by atoms with Crippen LogP contribution < -0.4 is 0 Å². The van der Waals surface area contributed by atoms with Crippen LogP contribution in [0.2, 0.25) is 0 Å². The third kappa shape index (κ3) is 2.15. The van der Waals surface area contributed by atoms with Crippen molar-refractivity contribution in [2.45, 2.75) is 13.8 Å². The summed E-state index contributed by atoms with van der Waals surface area (Å²) in [5.41, 5.74) is 2.55. The predicted molar refractivity (Wildman–Crippen MR) is 95.8 cm³/mol. The number of Topliss-reactive ketones (excluding diaryl/α,β-unsaturated/α-hetero) is 2. The van der Waals surface area contributed by atoms with Gasteiger partial charge in [0.1, 0.15) is 0 Å². The number of carbonyl (C=O) groups excluding carboxylic acids is 4. The Morgan fingerprint density at radius 3 is 1.35 bits per heavy atom. The summed E-state index contributed by atoms with van der Waals surface area (Å²) >= 11 is 0. The van der Waals surface area contributed by atoms with Gasteiger partial charge in [0.2, 0.25) is 0 Å². The van der Waals surface area contributed by atoms with Crippen molar-refractivity contribution in [2.75, 3.05) is 0 Å². The number of fused-ring (bicyclic) bond motifs is 2. The Bertz CT molecular complexity index is 1020. The number of ketones is 4.